The molecule has 0 heterocycles. The Labute approximate surface area is 190 Å². The molecule has 0 bridgehead atoms. The van der Waals surface area contributed by atoms with Crippen molar-refractivity contribution in [3.63, 3.8) is 0 Å². The Morgan fingerprint density at radius 2 is 1.66 bits per heavy atom. The second kappa shape index (κ2) is 12.6. The second-order valence-corrected chi connectivity index (χ2v) is 6.97. The molecule has 1 amide bonds. The second-order valence-electron chi connectivity index (χ2n) is 6.97. The minimum Gasteiger partial charge on any atom is -0.493 e. The number of hydrogen-bond acceptors (Lipinski definition) is 5. The van der Waals surface area contributed by atoms with Crippen LogP contribution in [0.1, 0.15) is 32.1 Å². The number of guanidine groups is 1. The van der Waals surface area contributed by atoms with Crippen LogP contribution in [0.25, 0.3) is 0 Å². The number of nitrogens with zero attached hydrogens (tertiary/aromatic N) is 2. The molecule has 0 atom stereocenters. The molecule has 29 heavy (non-hydrogen) atoms. The lowest BCUT2D eigenvalue weighted by atomic mass is 9.96. The van der Waals surface area contributed by atoms with Crippen molar-refractivity contribution in [3.05, 3.63) is 12.1 Å². The first-order chi connectivity index (χ1) is 13.5. The van der Waals surface area contributed by atoms with Gasteiger partial charge in [0.15, 0.2) is 17.5 Å². The number of hydrogen-bond donors (Lipinski definition) is 2. The Hall–Kier alpha value is -1.91. The lowest BCUT2D eigenvalue weighted by Gasteiger charge is -2.25. The van der Waals surface area contributed by atoms with Crippen LogP contribution in [0.3, 0.4) is 0 Å². The zero-order valence-corrected chi connectivity index (χ0v) is 20.2. The topological polar surface area (TPSA) is 84.4 Å². The van der Waals surface area contributed by atoms with Gasteiger partial charge in [-0.2, -0.15) is 0 Å². The molecule has 1 saturated carbocycles. The number of methoxy groups -OCH3 is 3. The van der Waals surface area contributed by atoms with Crippen LogP contribution in [0.2, 0.25) is 0 Å². The maximum Gasteiger partial charge on any atom is 0.243 e. The average molecular weight is 520 g/mol. The number of halogens is 1. The van der Waals surface area contributed by atoms with Crippen molar-refractivity contribution < 1.29 is 19.0 Å². The van der Waals surface area contributed by atoms with E-state index in [0.717, 1.165) is 18.5 Å². The first kappa shape index (κ1) is 25.1. The number of likely N-dealkylation sites (N-methyl/N-ethyl adjacent to an activating group) is 1. The van der Waals surface area contributed by atoms with E-state index in [0.29, 0.717) is 29.2 Å². The summed E-state index contributed by atoms with van der Waals surface area (Å²) < 4.78 is 16.2. The van der Waals surface area contributed by atoms with Gasteiger partial charge in [-0.05, 0) is 12.8 Å². The number of amides is 1. The molecule has 1 aromatic rings. The maximum absolute atomic E-state index is 12.0. The Morgan fingerprint density at radius 3 is 2.14 bits per heavy atom. The van der Waals surface area contributed by atoms with Gasteiger partial charge in [0.2, 0.25) is 11.7 Å². The molecule has 1 aromatic carbocycles. The number of carbonyl (C=O) groups excluding carboxylic acids is 1. The zero-order chi connectivity index (χ0) is 20.5. The summed E-state index contributed by atoms with van der Waals surface area (Å²) >= 11 is 0. The highest BCUT2D eigenvalue weighted by molar-refractivity contribution is 14.0. The molecule has 164 valence electrons. The quantitative estimate of drug-likeness (QED) is 0.327. The summed E-state index contributed by atoms with van der Waals surface area (Å²) in [4.78, 5) is 18.0. The van der Waals surface area contributed by atoms with Crippen LogP contribution in [0.5, 0.6) is 17.2 Å². The van der Waals surface area contributed by atoms with E-state index in [1.165, 1.54) is 24.2 Å². The maximum atomic E-state index is 12.0. The van der Waals surface area contributed by atoms with Crippen LogP contribution in [-0.2, 0) is 4.79 Å². The van der Waals surface area contributed by atoms with Crippen LogP contribution in [0.4, 0.5) is 5.69 Å². The van der Waals surface area contributed by atoms with Crippen molar-refractivity contribution in [3.8, 4) is 17.2 Å². The largest absolute Gasteiger partial charge is 0.493 e. The van der Waals surface area contributed by atoms with E-state index in [9.17, 15) is 4.79 Å². The molecule has 9 heteroatoms. The zero-order valence-electron chi connectivity index (χ0n) is 17.9. The third kappa shape index (κ3) is 7.45. The van der Waals surface area contributed by atoms with Gasteiger partial charge in [0.1, 0.15) is 6.54 Å². The summed E-state index contributed by atoms with van der Waals surface area (Å²) in [6.45, 7) is 0.0689. The number of benzene rings is 1. The molecule has 2 N–H and O–H groups in total. The fourth-order valence-electron chi connectivity index (χ4n) is 3.14. The van der Waals surface area contributed by atoms with Crippen molar-refractivity contribution >= 4 is 41.5 Å². The molecule has 2 rings (SSSR count). The van der Waals surface area contributed by atoms with Gasteiger partial charge in [-0.25, -0.2) is 4.99 Å². The van der Waals surface area contributed by atoms with E-state index in [1.54, 1.807) is 35.4 Å². The molecule has 1 fully saturated rings. The van der Waals surface area contributed by atoms with Gasteiger partial charge >= 0.3 is 0 Å². The summed E-state index contributed by atoms with van der Waals surface area (Å²) in [7, 11) is 8.16. The molecule has 0 saturated heterocycles. The Balaban J connectivity index is 0.00000420. The SMILES string of the molecule is COc1cc(NC(=NCC(=O)N(C)C)NC2CCCCC2)cc(OC)c1OC.I. The van der Waals surface area contributed by atoms with E-state index in [-0.39, 0.29) is 36.4 Å². The minimum atomic E-state index is -0.0605. The van der Waals surface area contributed by atoms with E-state index in [1.807, 2.05) is 12.1 Å². The molecule has 0 aromatic heterocycles. The number of carbonyl (C=O) groups is 1. The molecule has 0 spiro atoms. The molecule has 0 radical (unpaired) electrons. The van der Waals surface area contributed by atoms with E-state index in [4.69, 9.17) is 14.2 Å². The molecule has 1 aliphatic rings. The lowest BCUT2D eigenvalue weighted by molar-refractivity contribution is -0.127. The molecule has 0 unspecified atom stereocenters. The van der Waals surface area contributed by atoms with E-state index >= 15 is 0 Å². The Bertz CT molecular complexity index is 666. The van der Waals surface area contributed by atoms with Crippen LogP contribution >= 0.6 is 24.0 Å². The standard InChI is InChI=1S/C20H32N4O4.HI/c1-24(2)18(25)13-21-20(22-14-9-7-6-8-10-14)23-15-11-16(26-3)19(28-5)17(12-15)27-4;/h11-12,14H,6-10,13H2,1-5H3,(H2,21,22,23);1H. The van der Waals surface area contributed by atoms with Crippen molar-refractivity contribution in [2.45, 2.75) is 38.1 Å². The van der Waals surface area contributed by atoms with Crippen LogP contribution in [0.15, 0.2) is 17.1 Å². The van der Waals surface area contributed by atoms with Gasteiger partial charge in [0, 0.05) is 38.0 Å². The van der Waals surface area contributed by atoms with Gasteiger partial charge in [-0.15, -0.1) is 24.0 Å². The predicted octanol–water partition coefficient (Wildman–Crippen LogP) is 3.11. The Kier molecular flexibility index (Phi) is 10.9. The van der Waals surface area contributed by atoms with Gasteiger partial charge in [0.05, 0.1) is 21.3 Å². The molecular weight excluding hydrogens is 487 g/mol. The Morgan fingerprint density at radius 1 is 1.07 bits per heavy atom. The van der Waals surface area contributed by atoms with E-state index in [2.05, 4.69) is 15.6 Å². The van der Waals surface area contributed by atoms with E-state index < -0.39 is 0 Å². The lowest BCUT2D eigenvalue weighted by Crippen LogP contribution is -2.41. The molecular formula is C20H33IN4O4. The smallest absolute Gasteiger partial charge is 0.243 e. The molecule has 1 aliphatic carbocycles. The summed E-state index contributed by atoms with van der Waals surface area (Å²) in [6.07, 6.45) is 5.86. The highest BCUT2D eigenvalue weighted by Gasteiger charge is 2.18. The highest BCUT2D eigenvalue weighted by atomic mass is 127. The van der Waals surface area contributed by atoms with Crippen molar-refractivity contribution in [1.29, 1.82) is 0 Å². The van der Waals surface area contributed by atoms with Crippen LogP contribution in [-0.4, -0.2) is 64.8 Å². The third-order valence-corrected chi connectivity index (χ3v) is 4.74. The summed E-state index contributed by atoms with van der Waals surface area (Å²) in [6, 6.07) is 3.97. The third-order valence-electron chi connectivity index (χ3n) is 4.74. The summed E-state index contributed by atoms with van der Waals surface area (Å²) in [5.41, 5.74) is 0.730. The van der Waals surface area contributed by atoms with Gasteiger partial charge in [-0.1, -0.05) is 19.3 Å². The first-order valence-electron chi connectivity index (χ1n) is 9.56. The van der Waals surface area contributed by atoms with Crippen molar-refractivity contribution in [2.75, 3.05) is 47.3 Å². The van der Waals surface area contributed by atoms with Crippen molar-refractivity contribution in [1.82, 2.24) is 10.2 Å². The highest BCUT2D eigenvalue weighted by Crippen LogP contribution is 2.39. The minimum absolute atomic E-state index is 0. The number of nitrogens with one attached hydrogen (secondary N) is 2. The predicted molar refractivity (Wildman–Crippen MR) is 126 cm³/mol. The average Bonchev–Trinajstić information content (AvgIpc) is 2.71. The number of ether oxygens (including phenoxy) is 3. The number of anilines is 1. The fourth-order valence-corrected chi connectivity index (χ4v) is 3.14. The van der Waals surface area contributed by atoms with Gasteiger partial charge in [-0.3, -0.25) is 4.79 Å². The normalized spacial score (nSPS) is 14.4. The van der Waals surface area contributed by atoms with Crippen molar-refractivity contribution in [2.24, 2.45) is 4.99 Å². The number of rotatable bonds is 7. The summed E-state index contributed by atoms with van der Waals surface area (Å²) in [5, 5.41) is 6.73. The molecule has 0 aliphatic heterocycles. The van der Waals surface area contributed by atoms with Crippen LogP contribution < -0.4 is 24.8 Å². The monoisotopic (exact) mass is 520 g/mol. The van der Waals surface area contributed by atoms with Crippen LogP contribution in [0, 0.1) is 0 Å². The molecule has 8 nitrogen and oxygen atoms in total. The first-order valence-corrected chi connectivity index (χ1v) is 9.56. The fraction of sp³-hybridized carbons (Fsp3) is 0.600. The summed E-state index contributed by atoms with van der Waals surface area (Å²) in [5.74, 6) is 2.12. The number of aliphatic imine (C=N–C) groups is 1. The van der Waals surface area contributed by atoms with Gasteiger partial charge in [0.25, 0.3) is 0 Å². The van der Waals surface area contributed by atoms with Gasteiger partial charge < -0.3 is 29.7 Å².